The third-order valence-electron chi connectivity index (χ3n) is 3.08. The largest absolute Gasteiger partial charge is 0.497 e. The zero-order valence-corrected chi connectivity index (χ0v) is 13.2. The van der Waals surface area contributed by atoms with Crippen LogP contribution in [0, 0.1) is 11.8 Å². The second kappa shape index (κ2) is 7.34. The van der Waals surface area contributed by atoms with E-state index in [2.05, 4.69) is 38.3 Å². The molecule has 1 aromatic carbocycles. The minimum absolute atomic E-state index is 0.373. The molecule has 0 bridgehead atoms. The van der Waals surface area contributed by atoms with Crippen LogP contribution >= 0.6 is 12.2 Å². The predicted molar refractivity (Wildman–Crippen MR) is 85.8 cm³/mol. The SMILES string of the molecule is COc1ccc(NC(=S)NC(C(C)C)C(C)C)cc1. The Hall–Kier alpha value is -1.29. The zero-order chi connectivity index (χ0) is 14.4. The van der Waals surface area contributed by atoms with Gasteiger partial charge in [-0.1, -0.05) is 27.7 Å². The number of hydrogen-bond donors (Lipinski definition) is 2. The fourth-order valence-corrected chi connectivity index (χ4v) is 2.35. The number of methoxy groups -OCH3 is 1. The molecular weight excluding hydrogens is 256 g/mol. The predicted octanol–water partition coefficient (Wildman–Crippen LogP) is 3.66. The van der Waals surface area contributed by atoms with E-state index in [1.165, 1.54) is 0 Å². The molecule has 0 radical (unpaired) electrons. The van der Waals surface area contributed by atoms with Gasteiger partial charge < -0.3 is 15.4 Å². The fourth-order valence-electron chi connectivity index (χ4n) is 2.10. The molecule has 0 aliphatic carbocycles. The van der Waals surface area contributed by atoms with Crippen LogP contribution in [0.1, 0.15) is 27.7 Å². The Kier molecular flexibility index (Phi) is 6.09. The first kappa shape index (κ1) is 15.8. The molecule has 0 saturated carbocycles. The van der Waals surface area contributed by atoms with Crippen LogP contribution in [0.25, 0.3) is 0 Å². The highest BCUT2D eigenvalue weighted by Crippen LogP contribution is 2.16. The third kappa shape index (κ3) is 5.07. The summed E-state index contributed by atoms with van der Waals surface area (Å²) in [7, 11) is 1.66. The number of nitrogens with one attached hydrogen (secondary N) is 2. The van der Waals surface area contributed by atoms with Gasteiger partial charge in [-0.25, -0.2) is 0 Å². The van der Waals surface area contributed by atoms with Gasteiger partial charge in [-0.05, 0) is 48.3 Å². The number of ether oxygens (including phenoxy) is 1. The first-order chi connectivity index (χ1) is 8.93. The molecule has 0 spiro atoms. The molecule has 0 aromatic heterocycles. The van der Waals surface area contributed by atoms with Crippen LogP contribution < -0.4 is 15.4 Å². The Bertz CT molecular complexity index is 393. The van der Waals surface area contributed by atoms with Crippen LogP contribution in [0.3, 0.4) is 0 Å². The third-order valence-corrected chi connectivity index (χ3v) is 3.30. The van der Waals surface area contributed by atoms with Crippen LogP contribution in [0.4, 0.5) is 5.69 Å². The molecule has 0 saturated heterocycles. The molecule has 4 heteroatoms. The number of hydrogen-bond acceptors (Lipinski definition) is 2. The minimum atomic E-state index is 0.373. The van der Waals surface area contributed by atoms with Crippen LogP contribution in [0.15, 0.2) is 24.3 Å². The second-order valence-electron chi connectivity index (χ2n) is 5.34. The number of thiocarbonyl (C=S) groups is 1. The first-order valence-corrected chi connectivity index (χ1v) is 7.06. The number of benzene rings is 1. The number of anilines is 1. The van der Waals surface area contributed by atoms with E-state index in [0.717, 1.165) is 11.4 Å². The minimum Gasteiger partial charge on any atom is -0.497 e. The lowest BCUT2D eigenvalue weighted by molar-refractivity contribution is 0.356. The van der Waals surface area contributed by atoms with Gasteiger partial charge in [0.1, 0.15) is 5.75 Å². The summed E-state index contributed by atoms with van der Waals surface area (Å²) in [6.45, 7) is 8.81. The smallest absolute Gasteiger partial charge is 0.171 e. The second-order valence-corrected chi connectivity index (χ2v) is 5.75. The Morgan fingerprint density at radius 2 is 1.58 bits per heavy atom. The summed E-state index contributed by atoms with van der Waals surface area (Å²) in [6.07, 6.45) is 0. The van der Waals surface area contributed by atoms with E-state index in [-0.39, 0.29) is 0 Å². The quantitative estimate of drug-likeness (QED) is 0.806. The number of rotatable bonds is 5. The van der Waals surface area contributed by atoms with E-state index in [1.54, 1.807) is 7.11 Å². The van der Waals surface area contributed by atoms with E-state index in [4.69, 9.17) is 17.0 Å². The molecule has 106 valence electrons. The topological polar surface area (TPSA) is 33.3 Å². The summed E-state index contributed by atoms with van der Waals surface area (Å²) in [5.41, 5.74) is 0.963. The Morgan fingerprint density at radius 1 is 1.05 bits per heavy atom. The normalized spacial score (nSPS) is 10.9. The molecule has 1 aromatic rings. The molecule has 0 unspecified atom stereocenters. The van der Waals surface area contributed by atoms with Crippen molar-refractivity contribution in [3.8, 4) is 5.75 Å². The summed E-state index contributed by atoms with van der Waals surface area (Å²) in [6, 6.07) is 8.10. The van der Waals surface area contributed by atoms with E-state index in [0.29, 0.717) is 23.0 Å². The zero-order valence-electron chi connectivity index (χ0n) is 12.4. The fraction of sp³-hybridized carbons (Fsp3) is 0.533. The maximum absolute atomic E-state index is 5.36. The van der Waals surface area contributed by atoms with Crippen LogP contribution in [-0.4, -0.2) is 18.3 Å². The maximum atomic E-state index is 5.36. The van der Waals surface area contributed by atoms with Crippen molar-refractivity contribution in [3.63, 3.8) is 0 Å². The highest BCUT2D eigenvalue weighted by atomic mass is 32.1. The summed E-state index contributed by atoms with van der Waals surface area (Å²) in [5, 5.41) is 7.24. The molecule has 0 aliphatic rings. The lowest BCUT2D eigenvalue weighted by atomic mass is 9.93. The van der Waals surface area contributed by atoms with Gasteiger partial charge in [0, 0.05) is 11.7 Å². The molecule has 0 atom stereocenters. The molecule has 1 rings (SSSR count). The van der Waals surface area contributed by atoms with Gasteiger partial charge in [-0.3, -0.25) is 0 Å². The van der Waals surface area contributed by atoms with Crippen molar-refractivity contribution in [2.75, 3.05) is 12.4 Å². The maximum Gasteiger partial charge on any atom is 0.171 e. The summed E-state index contributed by atoms with van der Waals surface area (Å²) >= 11 is 5.36. The van der Waals surface area contributed by atoms with Gasteiger partial charge >= 0.3 is 0 Å². The average Bonchev–Trinajstić information content (AvgIpc) is 2.36. The molecule has 0 amide bonds. The molecule has 19 heavy (non-hydrogen) atoms. The van der Waals surface area contributed by atoms with Crippen LogP contribution in [0.5, 0.6) is 5.75 Å². The summed E-state index contributed by atoms with van der Waals surface area (Å²) in [4.78, 5) is 0. The van der Waals surface area contributed by atoms with Gasteiger partial charge in [0.25, 0.3) is 0 Å². The molecule has 0 fully saturated rings. The van der Waals surface area contributed by atoms with E-state index >= 15 is 0 Å². The lowest BCUT2D eigenvalue weighted by Crippen LogP contribution is -2.44. The van der Waals surface area contributed by atoms with Crippen LogP contribution in [-0.2, 0) is 0 Å². The molecular formula is C15H24N2OS. The van der Waals surface area contributed by atoms with Crippen molar-refractivity contribution in [1.82, 2.24) is 5.32 Å². The van der Waals surface area contributed by atoms with Gasteiger partial charge in [-0.2, -0.15) is 0 Å². The van der Waals surface area contributed by atoms with Gasteiger partial charge in [0.15, 0.2) is 5.11 Å². The van der Waals surface area contributed by atoms with Crippen molar-refractivity contribution in [1.29, 1.82) is 0 Å². The molecule has 3 nitrogen and oxygen atoms in total. The van der Waals surface area contributed by atoms with E-state index in [1.807, 2.05) is 24.3 Å². The Morgan fingerprint density at radius 3 is 2.00 bits per heavy atom. The van der Waals surface area contributed by atoms with Gasteiger partial charge in [0.2, 0.25) is 0 Å². The molecule has 0 heterocycles. The molecule has 0 aliphatic heterocycles. The van der Waals surface area contributed by atoms with Crippen LogP contribution in [0.2, 0.25) is 0 Å². The monoisotopic (exact) mass is 280 g/mol. The lowest BCUT2D eigenvalue weighted by Gasteiger charge is -2.27. The van der Waals surface area contributed by atoms with Crippen molar-refractivity contribution in [2.24, 2.45) is 11.8 Å². The van der Waals surface area contributed by atoms with Gasteiger partial charge in [-0.15, -0.1) is 0 Å². The Balaban J connectivity index is 2.58. The van der Waals surface area contributed by atoms with Crippen molar-refractivity contribution in [2.45, 2.75) is 33.7 Å². The van der Waals surface area contributed by atoms with E-state index < -0.39 is 0 Å². The van der Waals surface area contributed by atoms with Crippen molar-refractivity contribution >= 4 is 23.0 Å². The average molecular weight is 280 g/mol. The van der Waals surface area contributed by atoms with Gasteiger partial charge in [0.05, 0.1) is 7.11 Å². The summed E-state index contributed by atoms with van der Waals surface area (Å²) < 4.78 is 5.13. The standard InChI is InChI=1S/C15H24N2OS/c1-10(2)14(11(3)4)17-15(19)16-12-6-8-13(18-5)9-7-12/h6-11,14H,1-5H3,(H2,16,17,19). The molecule has 2 N–H and O–H groups in total. The Labute approximate surface area is 121 Å². The highest BCUT2D eigenvalue weighted by molar-refractivity contribution is 7.80. The van der Waals surface area contributed by atoms with Crippen molar-refractivity contribution < 1.29 is 4.74 Å². The first-order valence-electron chi connectivity index (χ1n) is 6.65. The van der Waals surface area contributed by atoms with Crippen molar-refractivity contribution in [3.05, 3.63) is 24.3 Å². The van der Waals surface area contributed by atoms with E-state index in [9.17, 15) is 0 Å². The highest BCUT2D eigenvalue weighted by Gasteiger charge is 2.17. The summed E-state index contributed by atoms with van der Waals surface area (Å²) in [5.74, 6) is 1.91.